The Morgan fingerprint density at radius 2 is 1.87 bits per heavy atom. The molecular weight excluding hydrogens is 196 g/mol. The average Bonchev–Trinajstić information content (AvgIpc) is 2.16. The van der Waals surface area contributed by atoms with E-state index in [-0.39, 0.29) is 18.9 Å². The summed E-state index contributed by atoms with van der Waals surface area (Å²) in [5.74, 6) is -2.41. The van der Waals surface area contributed by atoms with Gasteiger partial charge in [0.1, 0.15) is 0 Å². The van der Waals surface area contributed by atoms with Gasteiger partial charge >= 0.3 is 0 Å². The Bertz CT molecular complexity index is 303. The number of hydrogen-bond donors (Lipinski definition) is 1. The Morgan fingerprint density at radius 1 is 1.20 bits per heavy atom. The summed E-state index contributed by atoms with van der Waals surface area (Å²) in [6.45, 7) is 0.783. The molecule has 0 radical (unpaired) electrons. The third-order valence-electron chi connectivity index (χ3n) is 2.78. The molecule has 1 aliphatic rings. The molecule has 1 saturated carbocycles. The second kappa shape index (κ2) is 4.27. The molecule has 1 aliphatic carbocycles. The highest BCUT2D eigenvalue weighted by atomic mass is 19.3. The van der Waals surface area contributed by atoms with E-state index in [1.54, 1.807) is 0 Å². The molecule has 1 N–H and O–H groups in total. The third-order valence-corrected chi connectivity index (χ3v) is 2.78. The summed E-state index contributed by atoms with van der Waals surface area (Å²) in [7, 11) is 0. The van der Waals surface area contributed by atoms with E-state index in [0.29, 0.717) is 0 Å². The monoisotopic (exact) mass is 211 g/mol. The lowest BCUT2D eigenvalue weighted by Crippen LogP contribution is -2.48. The van der Waals surface area contributed by atoms with Crippen LogP contribution in [0.2, 0.25) is 0 Å². The van der Waals surface area contributed by atoms with Gasteiger partial charge in [-0.1, -0.05) is 30.3 Å². The molecule has 0 unspecified atom stereocenters. The van der Waals surface area contributed by atoms with Crippen molar-refractivity contribution in [3.8, 4) is 0 Å². The summed E-state index contributed by atoms with van der Waals surface area (Å²) >= 11 is 0. The summed E-state index contributed by atoms with van der Waals surface area (Å²) in [4.78, 5) is 0. The predicted octanol–water partition coefficient (Wildman–Crippen LogP) is 2.62. The summed E-state index contributed by atoms with van der Waals surface area (Å²) in [5.41, 5.74) is 1.25. The van der Waals surface area contributed by atoms with Crippen molar-refractivity contribution < 1.29 is 8.78 Å². The fraction of sp³-hybridized carbons (Fsp3) is 0.500. The number of hydrogen-bond acceptors (Lipinski definition) is 1. The van der Waals surface area contributed by atoms with Crippen molar-refractivity contribution in [1.82, 2.24) is 5.32 Å². The topological polar surface area (TPSA) is 12.0 Å². The number of rotatable bonds is 4. The molecule has 0 aromatic heterocycles. The van der Waals surface area contributed by atoms with Crippen molar-refractivity contribution in [2.75, 3.05) is 6.54 Å². The van der Waals surface area contributed by atoms with Crippen molar-refractivity contribution in [2.24, 2.45) is 0 Å². The van der Waals surface area contributed by atoms with Crippen molar-refractivity contribution in [3.05, 3.63) is 35.9 Å². The molecule has 0 atom stereocenters. The van der Waals surface area contributed by atoms with Gasteiger partial charge in [0.25, 0.3) is 5.92 Å². The summed E-state index contributed by atoms with van der Waals surface area (Å²) in [5, 5.41) is 3.14. The molecule has 3 heteroatoms. The Kier molecular flexibility index (Phi) is 3.00. The van der Waals surface area contributed by atoms with Crippen molar-refractivity contribution in [3.63, 3.8) is 0 Å². The lowest BCUT2D eigenvalue weighted by molar-refractivity contribution is -0.0924. The van der Waals surface area contributed by atoms with Crippen molar-refractivity contribution in [2.45, 2.75) is 31.2 Å². The third kappa shape index (κ3) is 2.99. The first-order valence-corrected chi connectivity index (χ1v) is 5.31. The summed E-state index contributed by atoms with van der Waals surface area (Å²) < 4.78 is 25.0. The van der Waals surface area contributed by atoms with Crippen LogP contribution in [0.1, 0.15) is 18.4 Å². The molecule has 0 aliphatic heterocycles. The maximum absolute atomic E-state index is 12.5. The van der Waals surface area contributed by atoms with E-state index in [1.165, 1.54) is 5.56 Å². The Hall–Kier alpha value is -0.960. The fourth-order valence-electron chi connectivity index (χ4n) is 1.87. The highest BCUT2D eigenvalue weighted by Crippen LogP contribution is 2.37. The van der Waals surface area contributed by atoms with Gasteiger partial charge in [-0.3, -0.25) is 0 Å². The number of halogens is 2. The first-order chi connectivity index (χ1) is 7.16. The van der Waals surface area contributed by atoms with Gasteiger partial charge in [-0.15, -0.1) is 0 Å². The van der Waals surface area contributed by atoms with Crippen LogP contribution >= 0.6 is 0 Å². The maximum Gasteiger partial charge on any atom is 0.251 e. The molecule has 1 nitrogen and oxygen atoms in total. The van der Waals surface area contributed by atoms with E-state index >= 15 is 0 Å². The Labute approximate surface area is 88.5 Å². The Morgan fingerprint density at radius 3 is 2.47 bits per heavy atom. The van der Waals surface area contributed by atoms with Gasteiger partial charge in [0.05, 0.1) is 0 Å². The number of benzene rings is 1. The minimum atomic E-state index is -2.41. The second-order valence-electron chi connectivity index (χ2n) is 4.15. The van der Waals surface area contributed by atoms with Crippen LogP contribution in [-0.4, -0.2) is 18.5 Å². The normalized spacial score (nSPS) is 19.9. The smallest absolute Gasteiger partial charge is 0.251 e. The minimum absolute atomic E-state index is 0.00178. The summed E-state index contributed by atoms with van der Waals surface area (Å²) in [6, 6.07) is 10.1. The van der Waals surface area contributed by atoms with Crippen LogP contribution in [0.15, 0.2) is 30.3 Å². The zero-order valence-corrected chi connectivity index (χ0v) is 8.55. The molecule has 2 rings (SSSR count). The molecule has 15 heavy (non-hydrogen) atoms. The molecule has 0 saturated heterocycles. The summed E-state index contributed by atoms with van der Waals surface area (Å²) in [6.07, 6.45) is 0.909. The highest BCUT2D eigenvalue weighted by Gasteiger charge is 2.44. The molecular formula is C12H15F2N. The molecule has 1 aromatic rings. The minimum Gasteiger partial charge on any atom is -0.313 e. The van der Waals surface area contributed by atoms with Gasteiger partial charge in [0.2, 0.25) is 0 Å². The standard InChI is InChI=1S/C12H15F2N/c13-12(14)8-11(9-12)15-7-6-10-4-2-1-3-5-10/h1-5,11,15H,6-9H2. The first-order valence-electron chi connectivity index (χ1n) is 5.31. The zero-order valence-electron chi connectivity index (χ0n) is 8.55. The zero-order chi connectivity index (χ0) is 10.7. The van der Waals surface area contributed by atoms with Gasteiger partial charge in [-0.05, 0) is 18.5 Å². The molecule has 82 valence electrons. The van der Waals surface area contributed by atoms with E-state index in [2.05, 4.69) is 17.4 Å². The molecule has 0 spiro atoms. The lowest BCUT2D eigenvalue weighted by atomic mass is 9.88. The lowest BCUT2D eigenvalue weighted by Gasteiger charge is -2.35. The first kappa shape index (κ1) is 10.6. The molecule has 1 aromatic carbocycles. The molecule has 0 bridgehead atoms. The van der Waals surface area contributed by atoms with E-state index in [1.807, 2.05) is 18.2 Å². The number of nitrogens with one attached hydrogen (secondary N) is 1. The Balaban J connectivity index is 1.64. The fourth-order valence-corrected chi connectivity index (χ4v) is 1.87. The average molecular weight is 211 g/mol. The van der Waals surface area contributed by atoms with Gasteiger partial charge in [0.15, 0.2) is 0 Å². The van der Waals surface area contributed by atoms with Crippen LogP contribution in [0.3, 0.4) is 0 Å². The van der Waals surface area contributed by atoms with E-state index in [4.69, 9.17) is 0 Å². The maximum atomic E-state index is 12.5. The number of alkyl halides is 2. The largest absolute Gasteiger partial charge is 0.313 e. The van der Waals surface area contributed by atoms with Gasteiger partial charge in [-0.2, -0.15) is 0 Å². The van der Waals surface area contributed by atoms with Crippen LogP contribution in [0.4, 0.5) is 8.78 Å². The van der Waals surface area contributed by atoms with Crippen LogP contribution in [-0.2, 0) is 6.42 Å². The van der Waals surface area contributed by atoms with Crippen molar-refractivity contribution in [1.29, 1.82) is 0 Å². The van der Waals surface area contributed by atoms with Gasteiger partial charge < -0.3 is 5.32 Å². The van der Waals surface area contributed by atoms with E-state index in [0.717, 1.165) is 13.0 Å². The molecule has 0 heterocycles. The van der Waals surface area contributed by atoms with Crippen LogP contribution in [0, 0.1) is 0 Å². The van der Waals surface area contributed by atoms with Gasteiger partial charge in [-0.25, -0.2) is 8.78 Å². The van der Waals surface area contributed by atoms with Crippen LogP contribution in [0.25, 0.3) is 0 Å². The van der Waals surface area contributed by atoms with Crippen LogP contribution in [0.5, 0.6) is 0 Å². The SMILES string of the molecule is FC1(F)CC(NCCc2ccccc2)C1. The second-order valence-corrected chi connectivity index (χ2v) is 4.15. The van der Waals surface area contributed by atoms with E-state index in [9.17, 15) is 8.78 Å². The molecule has 0 amide bonds. The van der Waals surface area contributed by atoms with Crippen molar-refractivity contribution >= 4 is 0 Å². The van der Waals surface area contributed by atoms with Gasteiger partial charge in [0, 0.05) is 18.9 Å². The van der Waals surface area contributed by atoms with E-state index < -0.39 is 5.92 Å². The van der Waals surface area contributed by atoms with Crippen LogP contribution < -0.4 is 5.32 Å². The quantitative estimate of drug-likeness (QED) is 0.807. The molecule has 1 fully saturated rings. The predicted molar refractivity (Wildman–Crippen MR) is 56.1 cm³/mol. The highest BCUT2D eigenvalue weighted by molar-refractivity contribution is 5.14.